The van der Waals surface area contributed by atoms with E-state index in [1.54, 1.807) is 6.92 Å². The van der Waals surface area contributed by atoms with Gasteiger partial charge in [-0.05, 0) is 76.4 Å². The van der Waals surface area contributed by atoms with Crippen LogP contribution in [0.1, 0.15) is 55.8 Å². The summed E-state index contributed by atoms with van der Waals surface area (Å²) >= 11 is 0. The average Bonchev–Trinajstić information content (AvgIpc) is 3.02. The normalized spacial score (nSPS) is 26.7. The number of rotatable bonds is 4. The Morgan fingerprint density at radius 3 is 2.38 bits per heavy atom. The fraction of sp³-hybridized carbons (Fsp3) is 0.611. The Balaban J connectivity index is 1.67. The molecule has 2 atom stereocenters. The lowest BCUT2D eigenvalue weighted by Gasteiger charge is -2.37. The van der Waals surface area contributed by atoms with E-state index < -0.39 is 0 Å². The standard InChI is InChI=1S/C18H25NO2/c1-14(20)15-8-10-16(11-9-15)21-18-7-3-2-6-17(18)19-12-4-5-13-19/h8-11,17-18H,2-7,12-13H2,1H3. The van der Waals surface area contributed by atoms with E-state index in [-0.39, 0.29) is 5.78 Å². The summed E-state index contributed by atoms with van der Waals surface area (Å²) in [6, 6.07) is 8.18. The van der Waals surface area contributed by atoms with Crippen LogP contribution >= 0.6 is 0 Å². The van der Waals surface area contributed by atoms with Gasteiger partial charge in [0.2, 0.25) is 0 Å². The van der Waals surface area contributed by atoms with Crippen LogP contribution in [0.15, 0.2) is 24.3 Å². The predicted octanol–water partition coefficient (Wildman–Crippen LogP) is 3.68. The zero-order valence-corrected chi connectivity index (χ0v) is 12.9. The van der Waals surface area contributed by atoms with Crippen LogP contribution < -0.4 is 4.74 Å². The third-order valence-corrected chi connectivity index (χ3v) is 4.83. The Labute approximate surface area is 127 Å². The van der Waals surface area contributed by atoms with Gasteiger partial charge in [-0.15, -0.1) is 0 Å². The molecule has 1 saturated carbocycles. The maximum atomic E-state index is 11.3. The van der Waals surface area contributed by atoms with Crippen LogP contribution in [-0.2, 0) is 0 Å². The molecule has 21 heavy (non-hydrogen) atoms. The van der Waals surface area contributed by atoms with Crippen molar-refractivity contribution in [1.29, 1.82) is 0 Å². The second-order valence-electron chi connectivity index (χ2n) is 6.33. The summed E-state index contributed by atoms with van der Waals surface area (Å²) in [5.41, 5.74) is 0.752. The van der Waals surface area contributed by atoms with Crippen molar-refractivity contribution >= 4 is 5.78 Å². The second-order valence-corrected chi connectivity index (χ2v) is 6.33. The van der Waals surface area contributed by atoms with E-state index in [2.05, 4.69) is 4.90 Å². The number of hydrogen-bond acceptors (Lipinski definition) is 3. The van der Waals surface area contributed by atoms with Gasteiger partial charge in [0.25, 0.3) is 0 Å². The van der Waals surface area contributed by atoms with E-state index >= 15 is 0 Å². The summed E-state index contributed by atoms with van der Waals surface area (Å²) in [7, 11) is 0. The van der Waals surface area contributed by atoms with E-state index in [1.807, 2.05) is 24.3 Å². The van der Waals surface area contributed by atoms with Gasteiger partial charge in [0.15, 0.2) is 5.78 Å². The molecule has 0 radical (unpaired) electrons. The third-order valence-electron chi connectivity index (χ3n) is 4.83. The molecule has 2 fully saturated rings. The van der Waals surface area contributed by atoms with Gasteiger partial charge in [0.05, 0.1) is 0 Å². The number of carbonyl (C=O) groups is 1. The molecule has 1 aromatic rings. The van der Waals surface area contributed by atoms with Gasteiger partial charge in [-0.1, -0.05) is 6.42 Å². The van der Waals surface area contributed by atoms with E-state index in [4.69, 9.17) is 4.74 Å². The Morgan fingerprint density at radius 1 is 1.05 bits per heavy atom. The molecule has 1 aliphatic heterocycles. The predicted molar refractivity (Wildman–Crippen MR) is 83.9 cm³/mol. The molecule has 1 aromatic carbocycles. The minimum absolute atomic E-state index is 0.106. The van der Waals surface area contributed by atoms with Crippen molar-refractivity contribution in [3.05, 3.63) is 29.8 Å². The molecule has 3 nitrogen and oxygen atoms in total. The minimum atomic E-state index is 0.106. The van der Waals surface area contributed by atoms with Crippen LogP contribution in [0.5, 0.6) is 5.75 Å². The molecule has 0 bridgehead atoms. The Kier molecular flexibility index (Phi) is 4.59. The second kappa shape index (κ2) is 6.61. The van der Waals surface area contributed by atoms with E-state index in [9.17, 15) is 4.79 Å². The molecule has 3 rings (SSSR count). The molecule has 2 aliphatic rings. The number of hydrogen-bond donors (Lipinski definition) is 0. The number of carbonyl (C=O) groups excluding carboxylic acids is 1. The molecule has 0 aromatic heterocycles. The zero-order chi connectivity index (χ0) is 14.7. The highest BCUT2D eigenvalue weighted by atomic mass is 16.5. The van der Waals surface area contributed by atoms with Crippen molar-refractivity contribution in [3.63, 3.8) is 0 Å². The fourth-order valence-corrected chi connectivity index (χ4v) is 3.65. The lowest BCUT2D eigenvalue weighted by molar-refractivity contribution is 0.0485. The number of ether oxygens (including phenoxy) is 1. The maximum Gasteiger partial charge on any atom is 0.159 e. The number of nitrogens with zero attached hydrogens (tertiary/aromatic N) is 1. The van der Waals surface area contributed by atoms with Crippen molar-refractivity contribution in [2.45, 2.75) is 57.6 Å². The molecule has 0 N–H and O–H groups in total. The molecular weight excluding hydrogens is 262 g/mol. The summed E-state index contributed by atoms with van der Waals surface area (Å²) in [5.74, 6) is 1.00. The lowest BCUT2D eigenvalue weighted by atomic mass is 9.91. The largest absolute Gasteiger partial charge is 0.489 e. The highest BCUT2D eigenvalue weighted by Crippen LogP contribution is 2.29. The van der Waals surface area contributed by atoms with Gasteiger partial charge in [0, 0.05) is 11.6 Å². The summed E-state index contributed by atoms with van der Waals surface area (Å²) < 4.78 is 6.26. The summed E-state index contributed by atoms with van der Waals surface area (Å²) in [5, 5.41) is 0. The smallest absolute Gasteiger partial charge is 0.159 e. The van der Waals surface area contributed by atoms with Crippen LogP contribution in [0.2, 0.25) is 0 Å². The van der Waals surface area contributed by atoms with Crippen LogP contribution in [-0.4, -0.2) is 35.9 Å². The first-order valence-corrected chi connectivity index (χ1v) is 8.26. The van der Waals surface area contributed by atoms with E-state index in [0.717, 1.165) is 17.7 Å². The first-order valence-electron chi connectivity index (χ1n) is 8.26. The number of likely N-dealkylation sites (tertiary alicyclic amines) is 1. The maximum absolute atomic E-state index is 11.3. The van der Waals surface area contributed by atoms with Crippen molar-refractivity contribution in [3.8, 4) is 5.75 Å². The van der Waals surface area contributed by atoms with Crippen molar-refractivity contribution in [2.24, 2.45) is 0 Å². The van der Waals surface area contributed by atoms with Gasteiger partial charge in [-0.25, -0.2) is 0 Å². The van der Waals surface area contributed by atoms with Crippen molar-refractivity contribution < 1.29 is 9.53 Å². The quantitative estimate of drug-likeness (QED) is 0.791. The Hall–Kier alpha value is -1.35. The van der Waals surface area contributed by atoms with Gasteiger partial charge < -0.3 is 4.74 Å². The van der Waals surface area contributed by atoms with Crippen LogP contribution in [0, 0.1) is 0 Å². The Bertz CT molecular complexity index is 476. The SMILES string of the molecule is CC(=O)c1ccc(OC2CCCCC2N2CCCC2)cc1. The molecule has 1 aliphatic carbocycles. The topological polar surface area (TPSA) is 29.5 Å². The first-order chi connectivity index (χ1) is 10.2. The van der Waals surface area contributed by atoms with Gasteiger partial charge >= 0.3 is 0 Å². The molecule has 0 spiro atoms. The minimum Gasteiger partial charge on any atom is -0.489 e. The van der Waals surface area contributed by atoms with E-state index in [1.165, 1.54) is 45.2 Å². The molecular formula is C18H25NO2. The molecule has 2 unspecified atom stereocenters. The summed E-state index contributed by atoms with van der Waals surface area (Å²) in [4.78, 5) is 13.9. The fourth-order valence-electron chi connectivity index (χ4n) is 3.65. The monoisotopic (exact) mass is 287 g/mol. The summed E-state index contributed by atoms with van der Waals surface area (Å²) in [6.45, 7) is 4.06. The van der Waals surface area contributed by atoms with Gasteiger partial charge in [-0.2, -0.15) is 0 Å². The first kappa shape index (κ1) is 14.6. The number of Topliss-reactive ketones (excluding diaryl/α,β-unsaturated/α-hetero) is 1. The molecule has 1 heterocycles. The Morgan fingerprint density at radius 2 is 1.71 bits per heavy atom. The van der Waals surface area contributed by atoms with Crippen LogP contribution in [0.4, 0.5) is 0 Å². The van der Waals surface area contributed by atoms with Crippen molar-refractivity contribution in [2.75, 3.05) is 13.1 Å². The van der Waals surface area contributed by atoms with Gasteiger partial charge in [0.1, 0.15) is 11.9 Å². The lowest BCUT2D eigenvalue weighted by Crippen LogP contribution is -2.46. The molecule has 114 valence electrons. The highest BCUT2D eigenvalue weighted by Gasteiger charge is 2.32. The van der Waals surface area contributed by atoms with E-state index in [0.29, 0.717) is 12.1 Å². The highest BCUT2D eigenvalue weighted by molar-refractivity contribution is 5.94. The van der Waals surface area contributed by atoms with Crippen LogP contribution in [0.25, 0.3) is 0 Å². The van der Waals surface area contributed by atoms with Crippen molar-refractivity contribution in [1.82, 2.24) is 4.90 Å². The zero-order valence-electron chi connectivity index (χ0n) is 12.9. The number of ketones is 1. The van der Waals surface area contributed by atoms with Gasteiger partial charge in [-0.3, -0.25) is 9.69 Å². The number of benzene rings is 1. The third kappa shape index (κ3) is 3.46. The average molecular weight is 287 g/mol. The molecule has 3 heteroatoms. The summed E-state index contributed by atoms with van der Waals surface area (Å²) in [6.07, 6.45) is 7.96. The molecule has 0 amide bonds. The van der Waals surface area contributed by atoms with Crippen LogP contribution in [0.3, 0.4) is 0 Å². The molecule has 1 saturated heterocycles.